The van der Waals surface area contributed by atoms with Crippen molar-refractivity contribution in [3.8, 4) is 0 Å². The topological polar surface area (TPSA) is 64.6 Å². The molecule has 0 heterocycles. The number of rotatable bonds is 58. The number of unbranched alkanes of at least 4 members (excludes halogenated alkanes) is 30. The highest BCUT2D eigenvalue weighted by Crippen LogP contribution is 2.18. The van der Waals surface area contributed by atoms with Gasteiger partial charge in [-0.15, -0.1) is 0 Å². The van der Waals surface area contributed by atoms with Gasteiger partial charge in [-0.3, -0.25) is 0 Å². The van der Waals surface area contributed by atoms with Gasteiger partial charge >= 0.3 is 0 Å². The summed E-state index contributed by atoms with van der Waals surface area (Å²) in [4.78, 5) is 0. The first-order valence-electron chi connectivity index (χ1n) is 29.8. The monoisotopic (exact) mass is 951 g/mol. The summed E-state index contributed by atoms with van der Waals surface area (Å²) in [7, 11) is 0. The molecule has 0 spiro atoms. The maximum absolute atomic E-state index is 6.50. The Morgan fingerprint density at radius 2 is 0.493 bits per heavy atom. The Hall–Kier alpha value is -0.800. The van der Waals surface area contributed by atoms with Crippen molar-refractivity contribution >= 4 is 0 Å². The van der Waals surface area contributed by atoms with Crippen LogP contribution in [0.4, 0.5) is 0 Å². The van der Waals surface area contributed by atoms with Gasteiger partial charge in [-0.1, -0.05) is 221 Å². The highest BCUT2D eigenvalue weighted by atomic mass is 16.8. The minimum absolute atomic E-state index is 0.0148. The predicted molar refractivity (Wildman–Crippen MR) is 289 cm³/mol. The van der Waals surface area contributed by atoms with Crippen LogP contribution in [0.15, 0.2) is 24.3 Å². The number of hydrogen-bond acceptors (Lipinski definition) is 7. The Labute approximate surface area is 419 Å². The molecule has 0 aliphatic carbocycles. The molecular formula is C60H118O7. The molecule has 67 heavy (non-hydrogen) atoms. The van der Waals surface area contributed by atoms with E-state index >= 15 is 0 Å². The highest BCUT2D eigenvalue weighted by molar-refractivity contribution is 4.90. The van der Waals surface area contributed by atoms with Crippen LogP contribution in [-0.2, 0) is 33.2 Å². The van der Waals surface area contributed by atoms with E-state index in [4.69, 9.17) is 33.2 Å². The third-order valence-corrected chi connectivity index (χ3v) is 12.7. The van der Waals surface area contributed by atoms with Crippen LogP contribution < -0.4 is 0 Å². The van der Waals surface area contributed by atoms with Gasteiger partial charge < -0.3 is 33.2 Å². The summed E-state index contributed by atoms with van der Waals surface area (Å²) < 4.78 is 43.8. The van der Waals surface area contributed by atoms with Gasteiger partial charge in [0.1, 0.15) is 0 Å². The van der Waals surface area contributed by atoms with E-state index in [1.807, 2.05) is 0 Å². The first-order valence-corrected chi connectivity index (χ1v) is 29.8. The molecule has 2 unspecified atom stereocenters. The molecule has 0 aromatic carbocycles. The van der Waals surface area contributed by atoms with E-state index in [2.05, 4.69) is 65.8 Å². The minimum atomic E-state index is -0.382. The van der Waals surface area contributed by atoms with Crippen molar-refractivity contribution < 1.29 is 33.2 Å². The molecule has 0 fully saturated rings. The first kappa shape index (κ1) is 66.2. The molecule has 7 heteroatoms. The van der Waals surface area contributed by atoms with Gasteiger partial charge in [0.2, 0.25) is 0 Å². The fourth-order valence-corrected chi connectivity index (χ4v) is 8.25. The Balaban J connectivity index is 4.67. The molecule has 0 aliphatic rings. The van der Waals surface area contributed by atoms with E-state index < -0.39 is 0 Å². The van der Waals surface area contributed by atoms with Crippen LogP contribution in [0.5, 0.6) is 0 Å². The standard InChI is InChI=1S/C60H118O7/c1-7-13-19-43-53-61-57(62-54-44-20-14-8-2)47-37-33-29-25-23-27-31-35-39-49-59(65-51-41-17-11-5)67-60(66-52-42-18-12-6)50-40-36-32-28-24-26-30-34-38-48-58(63-55-45-21-15-9-3)64-56-46-22-16-10-4/h39-40,49-50,57-60H,7-38,41-48,51-56H2,1-6H3. The lowest BCUT2D eigenvalue weighted by Crippen LogP contribution is -2.25. The summed E-state index contributed by atoms with van der Waals surface area (Å²) in [6.07, 6.45) is 56.7. The van der Waals surface area contributed by atoms with Gasteiger partial charge in [0.05, 0.1) is 13.2 Å². The Morgan fingerprint density at radius 3 is 0.806 bits per heavy atom. The second kappa shape index (κ2) is 57.8. The molecule has 400 valence electrons. The lowest BCUT2D eigenvalue weighted by molar-refractivity contribution is -0.208. The molecule has 0 saturated heterocycles. The van der Waals surface area contributed by atoms with Crippen molar-refractivity contribution in [1.82, 2.24) is 0 Å². The smallest absolute Gasteiger partial charge is 0.180 e. The third kappa shape index (κ3) is 51.4. The highest BCUT2D eigenvalue weighted by Gasteiger charge is 2.14. The summed E-state index contributed by atoms with van der Waals surface area (Å²) in [6, 6.07) is 0. The number of ether oxygens (including phenoxy) is 7. The average Bonchev–Trinajstić information content (AvgIpc) is 3.33. The van der Waals surface area contributed by atoms with E-state index in [9.17, 15) is 0 Å². The molecule has 2 atom stereocenters. The molecule has 0 aromatic heterocycles. The molecule has 0 amide bonds. The van der Waals surface area contributed by atoms with Crippen LogP contribution in [0.3, 0.4) is 0 Å². The predicted octanol–water partition coefficient (Wildman–Crippen LogP) is 19.2. The Bertz CT molecular complexity index is 857. The van der Waals surface area contributed by atoms with Crippen molar-refractivity contribution in [2.45, 2.75) is 324 Å². The molecule has 0 saturated carbocycles. The average molecular weight is 952 g/mol. The summed E-state index contributed by atoms with van der Waals surface area (Å²) in [5, 5.41) is 0. The molecule has 0 aromatic rings. The second-order valence-electron chi connectivity index (χ2n) is 19.6. The minimum Gasteiger partial charge on any atom is -0.353 e. The van der Waals surface area contributed by atoms with Gasteiger partial charge in [-0.25, -0.2) is 0 Å². The summed E-state index contributed by atoms with van der Waals surface area (Å²) >= 11 is 0. The lowest BCUT2D eigenvalue weighted by Gasteiger charge is -2.21. The van der Waals surface area contributed by atoms with Crippen molar-refractivity contribution in [2.75, 3.05) is 39.6 Å². The van der Waals surface area contributed by atoms with Crippen LogP contribution in [0.2, 0.25) is 0 Å². The zero-order chi connectivity index (χ0) is 48.6. The molecular weight excluding hydrogens is 833 g/mol. The van der Waals surface area contributed by atoms with Crippen LogP contribution in [0, 0.1) is 0 Å². The van der Waals surface area contributed by atoms with Gasteiger partial charge in [-0.05, 0) is 102 Å². The normalized spacial score (nSPS) is 13.1. The number of allylic oxidation sites excluding steroid dienone is 2. The molecule has 0 radical (unpaired) electrons. The van der Waals surface area contributed by atoms with Gasteiger partial charge in [0.25, 0.3) is 0 Å². The maximum atomic E-state index is 6.50. The fourth-order valence-electron chi connectivity index (χ4n) is 8.25. The Morgan fingerprint density at radius 1 is 0.254 bits per heavy atom. The van der Waals surface area contributed by atoms with E-state index in [1.54, 1.807) is 0 Å². The van der Waals surface area contributed by atoms with Crippen molar-refractivity contribution in [3.63, 3.8) is 0 Å². The third-order valence-electron chi connectivity index (χ3n) is 12.7. The van der Waals surface area contributed by atoms with Gasteiger partial charge in [0, 0.05) is 26.4 Å². The van der Waals surface area contributed by atoms with E-state index in [0.717, 1.165) is 90.6 Å². The molecule has 0 aliphatic heterocycles. The van der Waals surface area contributed by atoms with E-state index in [0.29, 0.717) is 13.2 Å². The van der Waals surface area contributed by atoms with Crippen molar-refractivity contribution in [1.29, 1.82) is 0 Å². The van der Waals surface area contributed by atoms with Gasteiger partial charge in [-0.2, -0.15) is 0 Å². The molecule has 7 nitrogen and oxygen atoms in total. The SMILES string of the molecule is CCCCCCOC(CCCCCCCCCC=CC(OCCCCC)OC(C=CCCCCCCCCCC(OCCCCCC)OCCCCCC)OCCCCC)OCCCCCC. The van der Waals surface area contributed by atoms with Crippen LogP contribution in [0.25, 0.3) is 0 Å². The zero-order valence-electron chi connectivity index (χ0n) is 46.0. The largest absolute Gasteiger partial charge is 0.353 e. The van der Waals surface area contributed by atoms with Crippen molar-refractivity contribution in [3.05, 3.63) is 24.3 Å². The van der Waals surface area contributed by atoms with Crippen LogP contribution in [-0.4, -0.2) is 64.8 Å². The van der Waals surface area contributed by atoms with Crippen LogP contribution in [0.1, 0.15) is 298 Å². The molecule has 0 bridgehead atoms. The summed E-state index contributed by atoms with van der Waals surface area (Å²) in [5.74, 6) is 0. The molecule has 0 N–H and O–H groups in total. The zero-order valence-corrected chi connectivity index (χ0v) is 46.0. The first-order chi connectivity index (χ1) is 33.1. The second-order valence-corrected chi connectivity index (χ2v) is 19.6. The molecule has 0 rings (SSSR count). The Kier molecular flexibility index (Phi) is 57.1. The van der Waals surface area contributed by atoms with E-state index in [-0.39, 0.29) is 25.2 Å². The van der Waals surface area contributed by atoms with Gasteiger partial charge in [0.15, 0.2) is 25.2 Å². The fraction of sp³-hybridized carbons (Fsp3) is 0.933. The van der Waals surface area contributed by atoms with Crippen molar-refractivity contribution in [2.24, 2.45) is 0 Å². The number of hydrogen-bond donors (Lipinski definition) is 0. The van der Waals surface area contributed by atoms with Crippen LogP contribution >= 0.6 is 0 Å². The summed E-state index contributed by atoms with van der Waals surface area (Å²) in [6.45, 7) is 18.3. The lowest BCUT2D eigenvalue weighted by atomic mass is 10.1. The quantitative estimate of drug-likeness (QED) is 0.0342. The van der Waals surface area contributed by atoms with E-state index in [1.165, 1.54) is 193 Å². The summed E-state index contributed by atoms with van der Waals surface area (Å²) in [5.41, 5.74) is 0. The maximum Gasteiger partial charge on any atom is 0.180 e.